The number of fused-ring (bicyclic) bond motifs is 2. The lowest BCUT2D eigenvalue weighted by molar-refractivity contribution is 0.0387. The van der Waals surface area contributed by atoms with Gasteiger partial charge in [-0.1, -0.05) is 18.5 Å². The number of sulfonamides is 1. The van der Waals surface area contributed by atoms with Crippen LogP contribution in [-0.2, 0) is 10.0 Å². The van der Waals surface area contributed by atoms with Crippen molar-refractivity contribution in [2.24, 2.45) is 5.92 Å². The van der Waals surface area contributed by atoms with E-state index in [0.717, 1.165) is 0 Å². The van der Waals surface area contributed by atoms with Gasteiger partial charge >= 0.3 is 6.03 Å². The van der Waals surface area contributed by atoms with E-state index >= 15 is 0 Å². The predicted octanol–water partition coefficient (Wildman–Crippen LogP) is 4.25. The van der Waals surface area contributed by atoms with Crippen molar-refractivity contribution in [1.29, 1.82) is 0 Å². The summed E-state index contributed by atoms with van der Waals surface area (Å²) in [6.07, 6.45) is -0.657. The first-order valence-electron chi connectivity index (χ1n) is 13.9. The Kier molecular flexibility index (Phi) is 9.20. The van der Waals surface area contributed by atoms with E-state index in [1.165, 1.54) is 46.6 Å². The van der Waals surface area contributed by atoms with Crippen molar-refractivity contribution < 1.29 is 37.3 Å². The molecule has 3 atom stereocenters. The van der Waals surface area contributed by atoms with Crippen LogP contribution in [0.15, 0.2) is 65.6 Å². The Hall–Kier alpha value is -4.04. The average Bonchev–Trinajstić information content (AvgIpc) is 3.47. The van der Waals surface area contributed by atoms with Gasteiger partial charge in [0.1, 0.15) is 11.9 Å². The molecule has 3 amide bonds. The lowest BCUT2D eigenvalue weighted by Crippen LogP contribution is -2.50. The van der Waals surface area contributed by atoms with Gasteiger partial charge in [0.25, 0.3) is 5.91 Å². The average molecular weight is 645 g/mol. The molecule has 0 aliphatic carbocycles. The molecular formula is C30H33ClN4O8S. The summed E-state index contributed by atoms with van der Waals surface area (Å²) in [5.74, 6) is 0.614. The van der Waals surface area contributed by atoms with Crippen LogP contribution in [0.5, 0.6) is 17.2 Å². The van der Waals surface area contributed by atoms with E-state index in [0.29, 0.717) is 27.9 Å². The van der Waals surface area contributed by atoms with Gasteiger partial charge in [-0.05, 0) is 61.5 Å². The van der Waals surface area contributed by atoms with Crippen LogP contribution in [0.3, 0.4) is 0 Å². The molecule has 234 valence electrons. The van der Waals surface area contributed by atoms with Crippen molar-refractivity contribution >= 4 is 44.9 Å². The Balaban J connectivity index is 1.38. The van der Waals surface area contributed by atoms with Crippen LogP contribution in [0.1, 0.15) is 24.2 Å². The van der Waals surface area contributed by atoms with Gasteiger partial charge in [-0.3, -0.25) is 4.79 Å². The van der Waals surface area contributed by atoms with Crippen LogP contribution in [0.2, 0.25) is 5.02 Å². The zero-order chi connectivity index (χ0) is 31.6. The summed E-state index contributed by atoms with van der Waals surface area (Å²) < 4.78 is 44.8. The van der Waals surface area contributed by atoms with E-state index in [4.69, 9.17) is 25.8 Å². The van der Waals surface area contributed by atoms with Crippen LogP contribution in [0.25, 0.3) is 0 Å². The second-order valence-electron chi connectivity index (χ2n) is 10.7. The highest BCUT2D eigenvalue weighted by molar-refractivity contribution is 7.89. The summed E-state index contributed by atoms with van der Waals surface area (Å²) in [5.41, 5.74) is 0.962. The fourth-order valence-electron chi connectivity index (χ4n) is 4.92. The van der Waals surface area contributed by atoms with Gasteiger partial charge in [-0.25, -0.2) is 13.2 Å². The summed E-state index contributed by atoms with van der Waals surface area (Å²) in [5, 5.41) is 15.8. The van der Waals surface area contributed by atoms with Crippen LogP contribution in [0.4, 0.5) is 16.2 Å². The highest BCUT2D eigenvalue weighted by atomic mass is 35.5. The number of halogens is 1. The number of anilines is 2. The minimum absolute atomic E-state index is 0.0148. The van der Waals surface area contributed by atoms with Crippen LogP contribution in [0, 0.1) is 5.92 Å². The van der Waals surface area contributed by atoms with Crippen LogP contribution < -0.4 is 24.8 Å². The van der Waals surface area contributed by atoms with Crippen molar-refractivity contribution in [2.75, 3.05) is 44.2 Å². The molecule has 0 saturated carbocycles. The summed E-state index contributed by atoms with van der Waals surface area (Å²) in [6.45, 7) is 3.59. The van der Waals surface area contributed by atoms with Gasteiger partial charge < -0.3 is 34.9 Å². The van der Waals surface area contributed by atoms with Gasteiger partial charge in [0, 0.05) is 42.0 Å². The number of likely N-dealkylation sites (N-methyl/N-ethyl adjacent to an activating group) is 1. The van der Waals surface area contributed by atoms with Crippen LogP contribution in [-0.4, -0.2) is 80.4 Å². The van der Waals surface area contributed by atoms with Gasteiger partial charge in [0.05, 0.1) is 29.7 Å². The molecule has 2 heterocycles. The monoisotopic (exact) mass is 644 g/mol. The summed E-state index contributed by atoms with van der Waals surface area (Å²) in [4.78, 5) is 28.2. The highest BCUT2D eigenvalue weighted by Gasteiger charge is 2.35. The summed E-state index contributed by atoms with van der Waals surface area (Å²) in [6, 6.07) is 14.4. The van der Waals surface area contributed by atoms with Crippen molar-refractivity contribution in [3.8, 4) is 17.2 Å². The molecule has 3 N–H and O–H groups in total. The van der Waals surface area contributed by atoms with Gasteiger partial charge in [0.15, 0.2) is 11.5 Å². The van der Waals surface area contributed by atoms with E-state index in [1.807, 2.05) is 6.92 Å². The molecular weight excluding hydrogens is 612 g/mol. The van der Waals surface area contributed by atoms with Crippen molar-refractivity contribution in [1.82, 2.24) is 9.21 Å². The molecule has 3 aromatic rings. The molecule has 44 heavy (non-hydrogen) atoms. The van der Waals surface area contributed by atoms with Gasteiger partial charge in [0.2, 0.25) is 16.8 Å². The molecule has 0 saturated heterocycles. The van der Waals surface area contributed by atoms with Crippen LogP contribution >= 0.6 is 11.6 Å². The molecule has 0 aromatic heterocycles. The number of benzene rings is 3. The number of rotatable bonds is 8. The van der Waals surface area contributed by atoms with Crippen molar-refractivity contribution in [2.45, 2.75) is 30.9 Å². The first-order chi connectivity index (χ1) is 21.0. The number of aliphatic hydroxyl groups is 1. The van der Waals surface area contributed by atoms with E-state index < -0.39 is 34.1 Å². The molecule has 14 heteroatoms. The highest BCUT2D eigenvalue weighted by Crippen LogP contribution is 2.35. The van der Waals surface area contributed by atoms with E-state index in [9.17, 15) is 23.1 Å². The summed E-state index contributed by atoms with van der Waals surface area (Å²) >= 11 is 5.94. The molecule has 0 fully saturated rings. The third-order valence-corrected chi connectivity index (χ3v) is 9.60. The minimum atomic E-state index is -3.87. The lowest BCUT2D eigenvalue weighted by Gasteiger charge is -2.38. The fourth-order valence-corrected chi connectivity index (χ4v) is 6.23. The molecule has 5 rings (SSSR count). The predicted molar refractivity (Wildman–Crippen MR) is 164 cm³/mol. The third-order valence-electron chi connectivity index (χ3n) is 7.51. The number of ether oxygens (including phenoxy) is 3. The Bertz CT molecular complexity index is 1650. The molecule has 0 bridgehead atoms. The minimum Gasteiger partial charge on any atom is -0.488 e. The molecule has 0 radical (unpaired) electrons. The third kappa shape index (κ3) is 6.70. The molecule has 0 unspecified atom stereocenters. The number of hydrogen-bond donors (Lipinski definition) is 3. The number of hydrogen-bond acceptors (Lipinski definition) is 8. The van der Waals surface area contributed by atoms with E-state index in [1.54, 1.807) is 37.3 Å². The maximum Gasteiger partial charge on any atom is 0.323 e. The number of urea groups is 1. The molecule has 2 aliphatic rings. The number of carbonyl (C=O) groups is 2. The number of nitrogens with one attached hydrogen (secondary N) is 2. The smallest absolute Gasteiger partial charge is 0.323 e. The first kappa shape index (κ1) is 31.4. The van der Waals surface area contributed by atoms with Crippen molar-refractivity contribution in [3.63, 3.8) is 0 Å². The maximum atomic E-state index is 13.7. The van der Waals surface area contributed by atoms with Gasteiger partial charge in [-0.15, -0.1) is 0 Å². The lowest BCUT2D eigenvalue weighted by atomic mass is 9.99. The number of aliphatic hydroxyl groups excluding tert-OH is 1. The maximum absolute atomic E-state index is 13.7. The topological polar surface area (TPSA) is 147 Å². The zero-order valence-corrected chi connectivity index (χ0v) is 25.9. The van der Waals surface area contributed by atoms with Gasteiger partial charge in [-0.2, -0.15) is 4.31 Å². The van der Waals surface area contributed by atoms with Crippen molar-refractivity contribution in [3.05, 3.63) is 71.2 Å². The SMILES string of the molecule is C[C@@H]1CN([C@H](C)CO)C(=O)c2cc(NC(=O)Nc3ccc4c(c3)OCO4)ccc2O[C@@H]1CN(C)S(=O)(=O)c1ccc(Cl)cc1. The second-order valence-corrected chi connectivity index (χ2v) is 13.2. The Morgan fingerprint density at radius 2 is 1.68 bits per heavy atom. The first-order valence-corrected chi connectivity index (χ1v) is 15.7. The molecule has 12 nitrogen and oxygen atoms in total. The van der Waals surface area contributed by atoms with E-state index in [2.05, 4.69) is 10.6 Å². The largest absolute Gasteiger partial charge is 0.488 e. The van der Waals surface area contributed by atoms with E-state index in [-0.39, 0.29) is 48.6 Å². The molecule has 0 spiro atoms. The number of amides is 3. The zero-order valence-electron chi connectivity index (χ0n) is 24.3. The Morgan fingerprint density at radius 1 is 1.05 bits per heavy atom. The normalized spacial score (nSPS) is 18.6. The second kappa shape index (κ2) is 12.9. The Morgan fingerprint density at radius 3 is 2.36 bits per heavy atom. The number of carbonyl (C=O) groups excluding carboxylic acids is 2. The standard InChI is InChI=1S/C30H33ClN4O8S/c1-18-14-35(19(2)16-36)29(37)24-12-21(32-30(38)33-22-7-11-26-27(13-22)42-17-41-26)6-10-25(24)43-28(18)15-34(3)44(39,40)23-8-4-20(31)5-9-23/h4-13,18-19,28,36H,14-17H2,1-3H3,(H2,32,33,38)/t18-,19-,28-/m1/s1. The number of nitrogens with zero attached hydrogens (tertiary/aromatic N) is 2. The summed E-state index contributed by atoms with van der Waals surface area (Å²) in [7, 11) is -2.40. The molecule has 2 aliphatic heterocycles. The Labute approximate surface area is 260 Å². The quantitative estimate of drug-likeness (QED) is 0.330. The molecule has 3 aromatic carbocycles. The fraction of sp³-hybridized carbons (Fsp3) is 0.333.